The summed E-state index contributed by atoms with van der Waals surface area (Å²) in [6.45, 7) is 6.36. The summed E-state index contributed by atoms with van der Waals surface area (Å²) < 4.78 is 0. The minimum Gasteiger partial charge on any atom is -0.508 e. The Hall–Kier alpha value is -1.46. The number of hydrogen-bond acceptors (Lipinski definition) is 2. The second-order valence-electron chi connectivity index (χ2n) is 4.83. The summed E-state index contributed by atoms with van der Waals surface area (Å²) in [5.74, 6) is 3.51. The van der Waals surface area contributed by atoms with Gasteiger partial charge in [-0.15, -0.1) is 6.42 Å². The van der Waals surface area contributed by atoms with Gasteiger partial charge in [-0.3, -0.25) is 0 Å². The maximum atomic E-state index is 9.20. The van der Waals surface area contributed by atoms with E-state index in [1.54, 1.807) is 12.1 Å². The van der Waals surface area contributed by atoms with E-state index < -0.39 is 0 Å². The van der Waals surface area contributed by atoms with E-state index in [1.165, 1.54) is 5.56 Å². The molecular weight excluding hydrogens is 210 g/mol. The van der Waals surface area contributed by atoms with Crippen LogP contribution in [0.25, 0.3) is 0 Å². The molecular formula is C15H21NO. The summed E-state index contributed by atoms with van der Waals surface area (Å²) in [6, 6.07) is 7.73. The van der Waals surface area contributed by atoms with Gasteiger partial charge < -0.3 is 10.4 Å². The van der Waals surface area contributed by atoms with Crippen molar-refractivity contribution in [2.45, 2.75) is 39.3 Å². The van der Waals surface area contributed by atoms with Crippen LogP contribution in [0.2, 0.25) is 0 Å². The Morgan fingerprint density at radius 3 is 2.29 bits per heavy atom. The lowest BCUT2D eigenvalue weighted by molar-refractivity contribution is 0.422. The van der Waals surface area contributed by atoms with Gasteiger partial charge in [0.25, 0.3) is 0 Å². The first-order chi connectivity index (χ1) is 8.02. The van der Waals surface area contributed by atoms with E-state index >= 15 is 0 Å². The Kier molecular flexibility index (Phi) is 5.06. The van der Waals surface area contributed by atoms with Gasteiger partial charge in [-0.2, -0.15) is 0 Å². The van der Waals surface area contributed by atoms with Crippen LogP contribution in [0.1, 0.15) is 26.3 Å². The first-order valence-corrected chi connectivity index (χ1v) is 6.03. The van der Waals surface area contributed by atoms with Gasteiger partial charge in [-0.25, -0.2) is 0 Å². The lowest BCUT2D eigenvalue weighted by atomic mass is 10.0. The SMILES string of the molecule is C#CC(NC(C)Cc1ccc(O)cc1)C(C)C. The molecule has 0 saturated heterocycles. The molecule has 0 aromatic heterocycles. The molecule has 17 heavy (non-hydrogen) atoms. The van der Waals surface area contributed by atoms with Crippen LogP contribution in [-0.2, 0) is 6.42 Å². The Morgan fingerprint density at radius 2 is 1.82 bits per heavy atom. The number of rotatable bonds is 5. The highest BCUT2D eigenvalue weighted by molar-refractivity contribution is 5.26. The molecule has 2 nitrogen and oxygen atoms in total. The smallest absolute Gasteiger partial charge is 0.115 e. The van der Waals surface area contributed by atoms with E-state index in [0.717, 1.165) is 6.42 Å². The fraction of sp³-hybridized carbons (Fsp3) is 0.467. The predicted molar refractivity (Wildman–Crippen MR) is 71.9 cm³/mol. The van der Waals surface area contributed by atoms with Crippen molar-refractivity contribution >= 4 is 0 Å². The van der Waals surface area contributed by atoms with Crippen molar-refractivity contribution in [1.29, 1.82) is 0 Å². The molecule has 92 valence electrons. The standard InChI is InChI=1S/C15H21NO/c1-5-15(11(2)3)16-12(4)10-13-6-8-14(17)9-7-13/h1,6-9,11-12,15-17H,10H2,2-4H3. The molecule has 0 radical (unpaired) electrons. The summed E-state index contributed by atoms with van der Waals surface area (Å²) >= 11 is 0. The number of benzene rings is 1. The lowest BCUT2D eigenvalue weighted by Crippen LogP contribution is -2.40. The fourth-order valence-corrected chi connectivity index (χ4v) is 1.78. The number of hydrogen-bond donors (Lipinski definition) is 2. The molecule has 0 aliphatic heterocycles. The van der Waals surface area contributed by atoms with Gasteiger partial charge in [0.2, 0.25) is 0 Å². The predicted octanol–water partition coefficient (Wildman–Crippen LogP) is 2.57. The molecule has 1 rings (SSSR count). The van der Waals surface area contributed by atoms with Crippen LogP contribution in [0.15, 0.2) is 24.3 Å². The molecule has 0 heterocycles. The molecule has 0 fully saturated rings. The molecule has 2 N–H and O–H groups in total. The molecule has 0 saturated carbocycles. The second-order valence-corrected chi connectivity index (χ2v) is 4.83. The van der Waals surface area contributed by atoms with Crippen molar-refractivity contribution in [3.8, 4) is 18.1 Å². The van der Waals surface area contributed by atoms with E-state index in [1.807, 2.05) is 12.1 Å². The van der Waals surface area contributed by atoms with Gasteiger partial charge in [-0.1, -0.05) is 31.9 Å². The van der Waals surface area contributed by atoms with Gasteiger partial charge in [0.05, 0.1) is 6.04 Å². The molecule has 0 amide bonds. The van der Waals surface area contributed by atoms with Gasteiger partial charge in [0, 0.05) is 6.04 Å². The van der Waals surface area contributed by atoms with Crippen molar-refractivity contribution in [1.82, 2.24) is 5.32 Å². The third kappa shape index (κ3) is 4.50. The van der Waals surface area contributed by atoms with Crippen molar-refractivity contribution in [3.05, 3.63) is 29.8 Å². The number of terminal acetylenes is 1. The first-order valence-electron chi connectivity index (χ1n) is 6.03. The van der Waals surface area contributed by atoms with Crippen LogP contribution in [0, 0.1) is 18.3 Å². The minimum absolute atomic E-state index is 0.113. The maximum absolute atomic E-state index is 9.20. The molecule has 2 heteroatoms. The molecule has 0 spiro atoms. The number of phenols is 1. The van der Waals surface area contributed by atoms with Crippen LogP contribution in [-0.4, -0.2) is 17.2 Å². The Labute approximate surface area is 104 Å². The maximum Gasteiger partial charge on any atom is 0.115 e. The Morgan fingerprint density at radius 1 is 1.24 bits per heavy atom. The van der Waals surface area contributed by atoms with Gasteiger partial charge >= 0.3 is 0 Å². The van der Waals surface area contributed by atoms with E-state index in [9.17, 15) is 5.11 Å². The quantitative estimate of drug-likeness (QED) is 0.763. The van der Waals surface area contributed by atoms with E-state index in [4.69, 9.17) is 6.42 Å². The van der Waals surface area contributed by atoms with Gasteiger partial charge in [-0.05, 0) is 37.0 Å². The topological polar surface area (TPSA) is 32.3 Å². The highest BCUT2D eigenvalue weighted by atomic mass is 16.3. The number of nitrogens with one attached hydrogen (secondary N) is 1. The van der Waals surface area contributed by atoms with Crippen molar-refractivity contribution < 1.29 is 5.11 Å². The first kappa shape index (κ1) is 13.6. The Balaban J connectivity index is 2.52. The van der Waals surface area contributed by atoms with Gasteiger partial charge in [0.15, 0.2) is 0 Å². The molecule has 0 aliphatic carbocycles. The fourth-order valence-electron chi connectivity index (χ4n) is 1.78. The third-order valence-corrected chi connectivity index (χ3v) is 2.79. The zero-order valence-corrected chi connectivity index (χ0v) is 10.8. The third-order valence-electron chi connectivity index (χ3n) is 2.79. The van der Waals surface area contributed by atoms with Crippen LogP contribution >= 0.6 is 0 Å². The molecule has 1 aromatic rings. The summed E-state index contributed by atoms with van der Waals surface area (Å²) in [7, 11) is 0. The molecule has 2 atom stereocenters. The van der Waals surface area contributed by atoms with Crippen molar-refractivity contribution in [2.75, 3.05) is 0 Å². The largest absolute Gasteiger partial charge is 0.508 e. The monoisotopic (exact) mass is 231 g/mol. The summed E-state index contributed by atoms with van der Waals surface area (Å²) in [4.78, 5) is 0. The summed E-state index contributed by atoms with van der Waals surface area (Å²) in [5.41, 5.74) is 1.20. The zero-order chi connectivity index (χ0) is 12.8. The van der Waals surface area contributed by atoms with Crippen molar-refractivity contribution in [3.63, 3.8) is 0 Å². The minimum atomic E-state index is 0.113. The summed E-state index contributed by atoms with van der Waals surface area (Å²) in [5, 5.41) is 12.6. The summed E-state index contributed by atoms with van der Waals surface area (Å²) in [6.07, 6.45) is 6.40. The zero-order valence-electron chi connectivity index (χ0n) is 10.8. The average Bonchev–Trinajstić information content (AvgIpc) is 2.28. The molecule has 1 aromatic carbocycles. The second kappa shape index (κ2) is 6.32. The molecule has 0 bridgehead atoms. The normalized spacial score (nSPS) is 14.3. The molecule has 2 unspecified atom stereocenters. The lowest BCUT2D eigenvalue weighted by Gasteiger charge is -2.22. The number of aromatic hydroxyl groups is 1. The van der Waals surface area contributed by atoms with Crippen LogP contribution < -0.4 is 5.32 Å². The van der Waals surface area contributed by atoms with Crippen LogP contribution in [0.4, 0.5) is 0 Å². The Bertz CT molecular complexity index is 375. The number of phenolic OH excluding ortho intramolecular Hbond substituents is 1. The van der Waals surface area contributed by atoms with Crippen LogP contribution in [0.3, 0.4) is 0 Å². The van der Waals surface area contributed by atoms with E-state index in [-0.39, 0.29) is 6.04 Å². The highest BCUT2D eigenvalue weighted by Gasteiger charge is 2.13. The van der Waals surface area contributed by atoms with Crippen LogP contribution in [0.5, 0.6) is 5.75 Å². The average molecular weight is 231 g/mol. The van der Waals surface area contributed by atoms with Crippen molar-refractivity contribution in [2.24, 2.45) is 5.92 Å². The molecule has 0 aliphatic rings. The van der Waals surface area contributed by atoms with Gasteiger partial charge in [0.1, 0.15) is 5.75 Å². The van der Waals surface area contributed by atoms with E-state index in [0.29, 0.717) is 17.7 Å². The van der Waals surface area contributed by atoms with E-state index in [2.05, 4.69) is 32.0 Å². The highest BCUT2D eigenvalue weighted by Crippen LogP contribution is 2.12.